The Labute approximate surface area is 171 Å². The summed E-state index contributed by atoms with van der Waals surface area (Å²) in [7, 11) is 0. The summed E-state index contributed by atoms with van der Waals surface area (Å²) in [6, 6.07) is 8.87. The molecule has 7 heteroatoms. The van der Waals surface area contributed by atoms with Gasteiger partial charge in [0, 0.05) is 43.1 Å². The van der Waals surface area contributed by atoms with Gasteiger partial charge >= 0.3 is 6.03 Å². The summed E-state index contributed by atoms with van der Waals surface area (Å²) in [4.78, 5) is 38.0. The van der Waals surface area contributed by atoms with Crippen molar-refractivity contribution in [3.63, 3.8) is 0 Å². The van der Waals surface area contributed by atoms with Crippen LogP contribution in [0.5, 0.6) is 0 Å². The number of benzene rings is 1. The van der Waals surface area contributed by atoms with Gasteiger partial charge in [0.05, 0.1) is 0 Å². The van der Waals surface area contributed by atoms with E-state index in [1.807, 2.05) is 37.3 Å². The molecule has 1 N–H and O–H groups in total. The van der Waals surface area contributed by atoms with Crippen LogP contribution in [0.2, 0.25) is 0 Å². The van der Waals surface area contributed by atoms with E-state index in [0.29, 0.717) is 26.1 Å². The minimum Gasteiger partial charge on any atom is -0.338 e. The summed E-state index contributed by atoms with van der Waals surface area (Å²) in [5.74, 6) is 0.719. The number of rotatable bonds is 4. The number of anilines is 1. The lowest BCUT2D eigenvalue weighted by Gasteiger charge is -2.39. The number of carbonyl (C=O) groups is 2. The number of aryl methyl sites for hydroxylation is 2. The Morgan fingerprint density at radius 1 is 1.17 bits per heavy atom. The average Bonchev–Trinajstić information content (AvgIpc) is 3.20. The van der Waals surface area contributed by atoms with Gasteiger partial charge in [-0.15, -0.1) is 0 Å². The second-order valence-corrected chi connectivity index (χ2v) is 7.68. The Morgan fingerprint density at radius 2 is 1.97 bits per heavy atom. The molecule has 0 saturated carbocycles. The van der Waals surface area contributed by atoms with Gasteiger partial charge in [0.15, 0.2) is 0 Å². The van der Waals surface area contributed by atoms with E-state index in [-0.39, 0.29) is 11.9 Å². The SMILES string of the molecule is Cc1nc(CCNC(=O)N2CCN(c3ccccc3)C(=O)[C@H]2C)nc2c1CCC2. The molecule has 0 spiro atoms. The van der Waals surface area contributed by atoms with Gasteiger partial charge in [-0.25, -0.2) is 14.8 Å². The first-order valence-corrected chi connectivity index (χ1v) is 10.3. The highest BCUT2D eigenvalue weighted by atomic mass is 16.2. The van der Waals surface area contributed by atoms with E-state index in [2.05, 4.69) is 15.3 Å². The third-order valence-corrected chi connectivity index (χ3v) is 5.80. The van der Waals surface area contributed by atoms with Gasteiger partial charge in [0.2, 0.25) is 5.91 Å². The fourth-order valence-corrected chi connectivity index (χ4v) is 4.19. The van der Waals surface area contributed by atoms with Crippen LogP contribution in [-0.4, -0.2) is 52.5 Å². The van der Waals surface area contributed by atoms with E-state index in [1.165, 1.54) is 5.56 Å². The highest BCUT2D eigenvalue weighted by Gasteiger charge is 2.34. The van der Waals surface area contributed by atoms with Gasteiger partial charge in [-0.3, -0.25) is 4.79 Å². The van der Waals surface area contributed by atoms with Crippen molar-refractivity contribution in [1.82, 2.24) is 20.2 Å². The van der Waals surface area contributed by atoms with Gasteiger partial charge < -0.3 is 15.1 Å². The van der Waals surface area contributed by atoms with Crippen molar-refractivity contribution in [3.8, 4) is 0 Å². The van der Waals surface area contributed by atoms with Crippen LogP contribution in [0.3, 0.4) is 0 Å². The molecule has 7 nitrogen and oxygen atoms in total. The first-order chi connectivity index (χ1) is 14.0. The number of amides is 3. The number of piperazine rings is 1. The quantitative estimate of drug-likeness (QED) is 0.864. The molecule has 29 heavy (non-hydrogen) atoms. The first kappa shape index (κ1) is 19.4. The predicted molar refractivity (Wildman–Crippen MR) is 111 cm³/mol. The Hall–Kier alpha value is -2.96. The molecule has 1 aliphatic heterocycles. The fraction of sp³-hybridized carbons (Fsp3) is 0.455. The molecule has 1 saturated heterocycles. The Kier molecular flexibility index (Phi) is 5.47. The zero-order valence-electron chi connectivity index (χ0n) is 17.0. The maximum Gasteiger partial charge on any atom is 0.318 e. The summed E-state index contributed by atoms with van der Waals surface area (Å²) >= 11 is 0. The highest BCUT2D eigenvalue weighted by molar-refractivity contribution is 5.99. The number of fused-ring (bicyclic) bond motifs is 1. The minimum absolute atomic E-state index is 0.0600. The molecule has 0 radical (unpaired) electrons. The van der Waals surface area contributed by atoms with Crippen LogP contribution in [0.4, 0.5) is 10.5 Å². The molecule has 0 unspecified atom stereocenters. The molecule has 2 aromatic rings. The molecule has 1 fully saturated rings. The number of hydrogen-bond acceptors (Lipinski definition) is 4. The van der Waals surface area contributed by atoms with Crippen LogP contribution >= 0.6 is 0 Å². The molecule has 2 heterocycles. The molecular formula is C22H27N5O2. The maximum absolute atomic E-state index is 12.8. The average molecular weight is 393 g/mol. The van der Waals surface area contributed by atoms with Crippen LogP contribution < -0.4 is 10.2 Å². The molecule has 2 aliphatic rings. The second-order valence-electron chi connectivity index (χ2n) is 7.68. The summed E-state index contributed by atoms with van der Waals surface area (Å²) in [5.41, 5.74) is 4.38. The van der Waals surface area contributed by atoms with E-state index < -0.39 is 6.04 Å². The van der Waals surface area contributed by atoms with Crippen molar-refractivity contribution in [2.75, 3.05) is 24.5 Å². The lowest BCUT2D eigenvalue weighted by atomic mass is 10.1. The van der Waals surface area contributed by atoms with E-state index >= 15 is 0 Å². The number of urea groups is 1. The van der Waals surface area contributed by atoms with E-state index in [4.69, 9.17) is 0 Å². The highest BCUT2D eigenvalue weighted by Crippen LogP contribution is 2.22. The minimum atomic E-state index is -0.498. The smallest absolute Gasteiger partial charge is 0.318 e. The van der Waals surface area contributed by atoms with E-state index in [0.717, 1.165) is 42.2 Å². The molecule has 1 aromatic heterocycles. The summed E-state index contributed by atoms with van der Waals surface area (Å²) in [6.45, 7) is 5.27. The van der Waals surface area contributed by atoms with Crippen molar-refractivity contribution in [1.29, 1.82) is 0 Å². The predicted octanol–water partition coefficient (Wildman–Crippen LogP) is 2.26. The molecule has 0 bridgehead atoms. The molecular weight excluding hydrogens is 366 g/mol. The maximum atomic E-state index is 12.8. The Balaban J connectivity index is 1.32. The lowest BCUT2D eigenvalue weighted by molar-refractivity contribution is -0.124. The number of carbonyl (C=O) groups excluding carboxylic acids is 2. The van der Waals surface area contributed by atoms with Gasteiger partial charge in [-0.2, -0.15) is 0 Å². The van der Waals surface area contributed by atoms with Crippen LogP contribution in [0.25, 0.3) is 0 Å². The zero-order valence-corrected chi connectivity index (χ0v) is 17.0. The fourth-order valence-electron chi connectivity index (χ4n) is 4.19. The number of aromatic nitrogens is 2. The topological polar surface area (TPSA) is 78.4 Å². The second kappa shape index (κ2) is 8.19. The molecule has 1 aliphatic carbocycles. The molecule has 4 rings (SSSR count). The molecule has 3 amide bonds. The van der Waals surface area contributed by atoms with Crippen LogP contribution in [0.15, 0.2) is 30.3 Å². The van der Waals surface area contributed by atoms with Crippen molar-refractivity contribution in [2.45, 2.75) is 45.6 Å². The van der Waals surface area contributed by atoms with E-state index in [1.54, 1.807) is 16.7 Å². The first-order valence-electron chi connectivity index (χ1n) is 10.3. The number of nitrogens with one attached hydrogen (secondary N) is 1. The van der Waals surface area contributed by atoms with Gasteiger partial charge in [-0.1, -0.05) is 18.2 Å². The monoisotopic (exact) mass is 393 g/mol. The molecule has 152 valence electrons. The van der Waals surface area contributed by atoms with Crippen LogP contribution in [-0.2, 0) is 24.1 Å². The normalized spacial score (nSPS) is 18.7. The number of nitrogens with zero attached hydrogens (tertiary/aromatic N) is 4. The summed E-state index contributed by atoms with van der Waals surface area (Å²) < 4.78 is 0. The van der Waals surface area contributed by atoms with Crippen molar-refractivity contribution in [2.24, 2.45) is 0 Å². The summed E-state index contributed by atoms with van der Waals surface area (Å²) in [5, 5.41) is 2.93. The zero-order chi connectivity index (χ0) is 20.4. The number of hydrogen-bond donors (Lipinski definition) is 1. The van der Waals surface area contributed by atoms with Crippen molar-refractivity contribution < 1.29 is 9.59 Å². The van der Waals surface area contributed by atoms with E-state index in [9.17, 15) is 9.59 Å². The molecule has 1 aromatic carbocycles. The van der Waals surface area contributed by atoms with Crippen LogP contribution in [0.1, 0.15) is 36.1 Å². The largest absolute Gasteiger partial charge is 0.338 e. The lowest BCUT2D eigenvalue weighted by Crippen LogP contribution is -2.59. The van der Waals surface area contributed by atoms with Crippen molar-refractivity contribution in [3.05, 3.63) is 53.1 Å². The molecule has 1 atom stereocenters. The van der Waals surface area contributed by atoms with Gasteiger partial charge in [0.1, 0.15) is 11.9 Å². The van der Waals surface area contributed by atoms with Gasteiger partial charge in [0.25, 0.3) is 0 Å². The summed E-state index contributed by atoms with van der Waals surface area (Å²) in [6.07, 6.45) is 3.82. The Bertz CT molecular complexity index is 915. The standard InChI is InChI=1S/C22H27N5O2/c1-15-18-9-6-10-19(18)25-20(24-15)11-12-23-22(29)26-13-14-27(21(28)16(26)2)17-7-4-3-5-8-17/h3-5,7-8,16H,6,9-14H2,1-2H3,(H,23,29)/t16-/m1/s1. The van der Waals surface area contributed by atoms with Crippen LogP contribution in [0, 0.1) is 6.92 Å². The third kappa shape index (κ3) is 3.95. The number of para-hydroxylation sites is 1. The van der Waals surface area contributed by atoms with Crippen molar-refractivity contribution >= 4 is 17.6 Å². The Morgan fingerprint density at radius 3 is 2.76 bits per heavy atom. The van der Waals surface area contributed by atoms with Gasteiger partial charge in [-0.05, 0) is 50.8 Å². The third-order valence-electron chi connectivity index (χ3n) is 5.80.